The Morgan fingerprint density at radius 3 is 2.24 bits per heavy atom. The average Bonchev–Trinajstić information content (AvgIpc) is 3.17. The second kappa shape index (κ2) is 8.72. The highest BCUT2D eigenvalue weighted by Crippen LogP contribution is 2.32. The van der Waals surface area contributed by atoms with Gasteiger partial charge in [0.15, 0.2) is 11.5 Å². The number of aryl methyl sites for hydroxylation is 1. The second-order valence-electron chi connectivity index (χ2n) is 7.90. The summed E-state index contributed by atoms with van der Waals surface area (Å²) in [5.41, 5.74) is 2.29. The van der Waals surface area contributed by atoms with Gasteiger partial charge in [0.2, 0.25) is 10.0 Å². The summed E-state index contributed by atoms with van der Waals surface area (Å²) >= 11 is 0. The van der Waals surface area contributed by atoms with E-state index in [2.05, 4.69) is 15.3 Å². The SMILES string of the molecule is Cc1cc2c(Nc3ccccc3)nc(-c3ccccc3F)nc2n1S(=O)(=O)Cc1ccccc1. The Morgan fingerprint density at radius 2 is 1.53 bits per heavy atom. The number of halogens is 1. The van der Waals surface area contributed by atoms with Crippen molar-refractivity contribution in [2.24, 2.45) is 0 Å². The van der Waals surface area contributed by atoms with Crippen LogP contribution >= 0.6 is 0 Å². The summed E-state index contributed by atoms with van der Waals surface area (Å²) in [4.78, 5) is 9.11. The van der Waals surface area contributed by atoms with E-state index >= 15 is 0 Å². The molecule has 2 aromatic heterocycles. The molecule has 0 aliphatic rings. The Bertz CT molecular complexity index is 1580. The van der Waals surface area contributed by atoms with Gasteiger partial charge in [0, 0.05) is 11.4 Å². The summed E-state index contributed by atoms with van der Waals surface area (Å²) in [6.45, 7) is 1.71. The molecule has 0 saturated carbocycles. The van der Waals surface area contributed by atoms with Crippen LogP contribution in [0, 0.1) is 12.7 Å². The molecule has 0 aliphatic heterocycles. The zero-order valence-electron chi connectivity index (χ0n) is 18.3. The number of hydrogen-bond donors (Lipinski definition) is 1. The van der Waals surface area contributed by atoms with Crippen LogP contribution in [-0.2, 0) is 15.8 Å². The lowest BCUT2D eigenvalue weighted by molar-refractivity contribution is 0.587. The van der Waals surface area contributed by atoms with E-state index < -0.39 is 15.8 Å². The van der Waals surface area contributed by atoms with E-state index in [9.17, 15) is 12.8 Å². The summed E-state index contributed by atoms with van der Waals surface area (Å²) in [5.74, 6) is -0.196. The van der Waals surface area contributed by atoms with E-state index in [0.29, 0.717) is 22.5 Å². The molecule has 5 rings (SSSR count). The fourth-order valence-corrected chi connectivity index (χ4v) is 5.53. The normalized spacial score (nSPS) is 11.6. The first-order chi connectivity index (χ1) is 16.4. The van der Waals surface area contributed by atoms with E-state index in [0.717, 1.165) is 5.69 Å². The third-order valence-electron chi connectivity index (χ3n) is 5.41. The summed E-state index contributed by atoms with van der Waals surface area (Å²) in [5, 5.41) is 3.76. The predicted octanol–water partition coefficient (Wildman–Crippen LogP) is 5.67. The lowest BCUT2D eigenvalue weighted by atomic mass is 10.2. The minimum absolute atomic E-state index is 0.0956. The summed E-state index contributed by atoms with van der Waals surface area (Å²) in [7, 11) is -3.82. The van der Waals surface area contributed by atoms with Crippen LogP contribution in [0.5, 0.6) is 0 Å². The molecule has 3 aromatic carbocycles. The molecule has 0 unspecified atom stereocenters. The fraction of sp³-hybridized carbons (Fsp3) is 0.0769. The molecule has 2 heterocycles. The lowest BCUT2D eigenvalue weighted by Gasteiger charge is -2.12. The first-order valence-corrected chi connectivity index (χ1v) is 12.3. The number of para-hydroxylation sites is 1. The van der Waals surface area contributed by atoms with Crippen molar-refractivity contribution in [3.05, 3.63) is 108 Å². The molecule has 6 nitrogen and oxygen atoms in total. The number of aromatic nitrogens is 3. The maximum Gasteiger partial charge on any atom is 0.244 e. The number of nitrogens with one attached hydrogen (secondary N) is 1. The smallest absolute Gasteiger partial charge is 0.244 e. The van der Waals surface area contributed by atoms with Crippen LogP contribution in [0.4, 0.5) is 15.9 Å². The van der Waals surface area contributed by atoms with Gasteiger partial charge in [-0.05, 0) is 42.8 Å². The zero-order valence-corrected chi connectivity index (χ0v) is 19.1. The predicted molar refractivity (Wildman–Crippen MR) is 132 cm³/mol. The molecular formula is C26H21FN4O2S. The van der Waals surface area contributed by atoms with Crippen molar-refractivity contribution in [3.8, 4) is 11.4 Å². The van der Waals surface area contributed by atoms with Crippen molar-refractivity contribution in [1.82, 2.24) is 13.9 Å². The Morgan fingerprint density at radius 1 is 0.882 bits per heavy atom. The number of fused-ring (bicyclic) bond motifs is 1. The van der Waals surface area contributed by atoms with Crippen LogP contribution in [0.25, 0.3) is 22.4 Å². The zero-order chi connectivity index (χ0) is 23.7. The number of rotatable bonds is 6. The molecule has 1 N–H and O–H groups in total. The standard InChI is InChI=1S/C26H21FN4O2S/c1-18-16-22-25(28-20-12-6-3-7-13-20)29-24(21-14-8-9-15-23(21)27)30-26(22)31(18)34(32,33)17-19-10-4-2-5-11-19/h2-16H,17H2,1H3,(H,28,29,30). The molecule has 0 amide bonds. The van der Waals surface area contributed by atoms with Crippen LogP contribution in [-0.4, -0.2) is 22.4 Å². The molecule has 5 aromatic rings. The number of nitrogens with zero attached hydrogens (tertiary/aromatic N) is 3. The largest absolute Gasteiger partial charge is 0.340 e. The maximum atomic E-state index is 14.6. The van der Waals surface area contributed by atoms with Gasteiger partial charge in [-0.25, -0.2) is 26.7 Å². The average molecular weight is 473 g/mol. The third-order valence-corrected chi connectivity index (χ3v) is 7.13. The molecule has 0 aliphatic carbocycles. The van der Waals surface area contributed by atoms with Crippen LogP contribution in [0.1, 0.15) is 11.3 Å². The monoisotopic (exact) mass is 472 g/mol. The van der Waals surface area contributed by atoms with Gasteiger partial charge < -0.3 is 5.32 Å². The molecule has 0 fully saturated rings. The minimum atomic E-state index is -3.82. The maximum absolute atomic E-state index is 14.6. The van der Waals surface area contributed by atoms with Crippen LogP contribution in [0.15, 0.2) is 91.0 Å². The van der Waals surface area contributed by atoms with Crippen LogP contribution in [0.2, 0.25) is 0 Å². The topological polar surface area (TPSA) is 76.9 Å². The molecule has 34 heavy (non-hydrogen) atoms. The van der Waals surface area contributed by atoms with Gasteiger partial charge in [-0.3, -0.25) is 0 Å². The Hall–Kier alpha value is -4.04. The van der Waals surface area contributed by atoms with E-state index in [4.69, 9.17) is 0 Å². The first kappa shape index (κ1) is 21.8. The quantitative estimate of drug-likeness (QED) is 0.345. The summed E-state index contributed by atoms with van der Waals surface area (Å²) < 4.78 is 42.8. The van der Waals surface area contributed by atoms with Gasteiger partial charge in [-0.2, -0.15) is 0 Å². The molecule has 0 spiro atoms. The van der Waals surface area contributed by atoms with Crippen LogP contribution in [0.3, 0.4) is 0 Å². The van der Waals surface area contributed by atoms with Gasteiger partial charge in [0.25, 0.3) is 0 Å². The molecule has 0 radical (unpaired) electrons. The van der Waals surface area contributed by atoms with E-state index in [-0.39, 0.29) is 22.8 Å². The number of benzene rings is 3. The van der Waals surface area contributed by atoms with Crippen molar-refractivity contribution >= 4 is 32.6 Å². The van der Waals surface area contributed by atoms with E-state index in [1.165, 1.54) is 10.0 Å². The molecule has 0 bridgehead atoms. The molecule has 8 heteroatoms. The van der Waals surface area contributed by atoms with Crippen molar-refractivity contribution in [1.29, 1.82) is 0 Å². The Kier molecular flexibility index (Phi) is 5.59. The highest BCUT2D eigenvalue weighted by Gasteiger charge is 2.24. The van der Waals surface area contributed by atoms with E-state index in [1.54, 1.807) is 55.5 Å². The molecule has 0 saturated heterocycles. The molecule has 0 atom stereocenters. The van der Waals surface area contributed by atoms with Gasteiger partial charge in [-0.1, -0.05) is 60.7 Å². The Labute approximate surface area is 196 Å². The second-order valence-corrected chi connectivity index (χ2v) is 9.71. The van der Waals surface area contributed by atoms with Gasteiger partial charge in [0.05, 0.1) is 16.7 Å². The third kappa shape index (κ3) is 4.15. The highest BCUT2D eigenvalue weighted by atomic mass is 32.2. The molecular weight excluding hydrogens is 451 g/mol. The van der Waals surface area contributed by atoms with E-state index in [1.807, 2.05) is 36.4 Å². The van der Waals surface area contributed by atoms with Gasteiger partial charge in [-0.15, -0.1) is 0 Å². The highest BCUT2D eigenvalue weighted by molar-refractivity contribution is 7.89. The Balaban J connectivity index is 1.73. The van der Waals surface area contributed by atoms with Crippen molar-refractivity contribution in [3.63, 3.8) is 0 Å². The first-order valence-electron chi connectivity index (χ1n) is 10.7. The molecule has 170 valence electrons. The summed E-state index contributed by atoms with van der Waals surface area (Å²) in [6, 6.07) is 26.2. The van der Waals surface area contributed by atoms with Gasteiger partial charge >= 0.3 is 0 Å². The number of hydrogen-bond acceptors (Lipinski definition) is 5. The minimum Gasteiger partial charge on any atom is -0.340 e. The van der Waals surface area contributed by atoms with Crippen molar-refractivity contribution in [2.45, 2.75) is 12.7 Å². The summed E-state index contributed by atoms with van der Waals surface area (Å²) in [6.07, 6.45) is 0. The lowest BCUT2D eigenvalue weighted by Crippen LogP contribution is -2.17. The fourth-order valence-electron chi connectivity index (χ4n) is 3.90. The van der Waals surface area contributed by atoms with Crippen molar-refractivity contribution < 1.29 is 12.8 Å². The number of anilines is 2. The van der Waals surface area contributed by atoms with Gasteiger partial charge in [0.1, 0.15) is 11.6 Å². The van der Waals surface area contributed by atoms with Crippen LogP contribution < -0.4 is 5.32 Å². The van der Waals surface area contributed by atoms with Crippen molar-refractivity contribution in [2.75, 3.05) is 5.32 Å².